The zero-order valence-corrected chi connectivity index (χ0v) is 11.7. The van der Waals surface area contributed by atoms with Crippen LogP contribution in [0, 0.1) is 0 Å². The van der Waals surface area contributed by atoms with Crippen molar-refractivity contribution >= 4 is 17.8 Å². The van der Waals surface area contributed by atoms with Crippen LogP contribution in [0.2, 0.25) is 0 Å². The van der Waals surface area contributed by atoms with E-state index in [1.807, 2.05) is 42.5 Å². The summed E-state index contributed by atoms with van der Waals surface area (Å²) in [6.07, 6.45) is 4.66. The molecule has 0 aliphatic heterocycles. The minimum Gasteiger partial charge on any atom is -0.304 e. The van der Waals surface area contributed by atoms with Crippen LogP contribution in [0.4, 0.5) is 5.82 Å². The smallest absolute Gasteiger partial charge is 0.249 e. The van der Waals surface area contributed by atoms with Gasteiger partial charge in [-0.2, -0.15) is 10.3 Å². The molecule has 0 fully saturated rings. The van der Waals surface area contributed by atoms with Crippen LogP contribution in [0.25, 0.3) is 17.2 Å². The van der Waals surface area contributed by atoms with Crippen molar-refractivity contribution in [3.05, 3.63) is 72.4 Å². The molecule has 5 nitrogen and oxygen atoms in total. The number of hydrogen-bond acceptors (Lipinski definition) is 3. The Balaban J connectivity index is 1.66. The standard InChI is InChI=1S/C17H14N4O/c22-17(19-16-12-18-21-20-16)11-8-13-6-9-15(10-7-13)14-4-2-1-3-5-14/h1-12H,(H2,18,19,20,21,22). The van der Waals surface area contributed by atoms with E-state index in [0.29, 0.717) is 5.82 Å². The molecular weight excluding hydrogens is 276 g/mol. The number of H-pyrrole nitrogens is 1. The highest BCUT2D eigenvalue weighted by Crippen LogP contribution is 2.19. The first-order chi connectivity index (χ1) is 10.8. The fraction of sp³-hybridized carbons (Fsp3) is 0. The van der Waals surface area contributed by atoms with E-state index >= 15 is 0 Å². The van der Waals surface area contributed by atoms with Crippen LogP contribution in [0.5, 0.6) is 0 Å². The van der Waals surface area contributed by atoms with Crippen LogP contribution in [0.15, 0.2) is 66.9 Å². The predicted molar refractivity (Wildman–Crippen MR) is 85.9 cm³/mol. The van der Waals surface area contributed by atoms with Gasteiger partial charge in [0.15, 0.2) is 5.82 Å². The number of carbonyl (C=O) groups excluding carboxylic acids is 1. The monoisotopic (exact) mass is 290 g/mol. The molecule has 1 heterocycles. The number of anilines is 1. The minimum absolute atomic E-state index is 0.249. The zero-order chi connectivity index (χ0) is 15.2. The normalized spacial score (nSPS) is 10.7. The summed E-state index contributed by atoms with van der Waals surface area (Å²) in [5, 5.41) is 12.4. The van der Waals surface area contributed by atoms with E-state index in [0.717, 1.165) is 11.1 Å². The Morgan fingerprint density at radius 3 is 2.41 bits per heavy atom. The van der Waals surface area contributed by atoms with Crippen molar-refractivity contribution in [1.82, 2.24) is 15.4 Å². The molecule has 1 aromatic heterocycles. The van der Waals surface area contributed by atoms with Gasteiger partial charge in [-0.15, -0.1) is 5.10 Å². The van der Waals surface area contributed by atoms with Gasteiger partial charge in [-0.3, -0.25) is 4.79 Å². The summed E-state index contributed by atoms with van der Waals surface area (Å²) in [4.78, 5) is 11.7. The van der Waals surface area contributed by atoms with Gasteiger partial charge in [0.1, 0.15) is 0 Å². The molecule has 3 aromatic rings. The van der Waals surface area contributed by atoms with Crippen LogP contribution in [0.1, 0.15) is 5.56 Å². The first kappa shape index (κ1) is 13.8. The van der Waals surface area contributed by atoms with Crippen LogP contribution in [0.3, 0.4) is 0 Å². The summed E-state index contributed by atoms with van der Waals surface area (Å²) in [6.45, 7) is 0. The molecule has 5 heteroatoms. The molecule has 22 heavy (non-hydrogen) atoms. The number of hydrogen-bond donors (Lipinski definition) is 2. The van der Waals surface area contributed by atoms with E-state index in [1.54, 1.807) is 6.08 Å². The minimum atomic E-state index is -0.249. The number of carbonyl (C=O) groups is 1. The first-order valence-electron chi connectivity index (χ1n) is 6.81. The molecule has 2 aromatic carbocycles. The van der Waals surface area contributed by atoms with Crippen molar-refractivity contribution < 1.29 is 4.79 Å². The largest absolute Gasteiger partial charge is 0.304 e. The van der Waals surface area contributed by atoms with Gasteiger partial charge >= 0.3 is 0 Å². The highest BCUT2D eigenvalue weighted by molar-refractivity contribution is 6.01. The third-order valence-electron chi connectivity index (χ3n) is 3.11. The van der Waals surface area contributed by atoms with Crippen LogP contribution < -0.4 is 5.32 Å². The maximum absolute atomic E-state index is 11.7. The maximum atomic E-state index is 11.7. The van der Waals surface area contributed by atoms with Gasteiger partial charge in [-0.25, -0.2) is 0 Å². The summed E-state index contributed by atoms with van der Waals surface area (Å²) in [7, 11) is 0. The van der Waals surface area contributed by atoms with Crippen molar-refractivity contribution in [2.24, 2.45) is 0 Å². The lowest BCUT2D eigenvalue weighted by Gasteiger charge is -2.01. The Kier molecular flexibility index (Phi) is 4.06. The van der Waals surface area contributed by atoms with Crippen molar-refractivity contribution in [3.63, 3.8) is 0 Å². The van der Waals surface area contributed by atoms with Gasteiger partial charge in [0.05, 0.1) is 6.20 Å². The molecule has 0 unspecified atom stereocenters. The highest BCUT2D eigenvalue weighted by atomic mass is 16.1. The second kappa shape index (κ2) is 6.49. The molecule has 2 N–H and O–H groups in total. The topological polar surface area (TPSA) is 70.7 Å². The van der Waals surface area contributed by atoms with Crippen molar-refractivity contribution in [2.75, 3.05) is 5.32 Å². The average molecular weight is 290 g/mol. The molecule has 0 spiro atoms. The lowest BCUT2D eigenvalue weighted by molar-refractivity contribution is -0.111. The van der Waals surface area contributed by atoms with Crippen LogP contribution >= 0.6 is 0 Å². The van der Waals surface area contributed by atoms with E-state index in [-0.39, 0.29) is 5.91 Å². The van der Waals surface area contributed by atoms with Gasteiger partial charge in [0, 0.05) is 6.08 Å². The van der Waals surface area contributed by atoms with Crippen molar-refractivity contribution in [3.8, 4) is 11.1 Å². The molecule has 108 valence electrons. The molecule has 1 amide bonds. The second-order valence-electron chi connectivity index (χ2n) is 4.67. The summed E-state index contributed by atoms with van der Waals surface area (Å²) in [6, 6.07) is 18.2. The number of aromatic nitrogens is 3. The maximum Gasteiger partial charge on any atom is 0.249 e. The van der Waals surface area contributed by atoms with E-state index < -0.39 is 0 Å². The number of nitrogens with one attached hydrogen (secondary N) is 2. The van der Waals surface area contributed by atoms with Crippen molar-refractivity contribution in [1.29, 1.82) is 0 Å². The Labute approximate surface area is 127 Å². The van der Waals surface area contributed by atoms with E-state index in [2.05, 4.69) is 32.9 Å². The molecule has 0 bridgehead atoms. The number of amides is 1. The fourth-order valence-corrected chi connectivity index (χ4v) is 2.02. The summed E-state index contributed by atoms with van der Waals surface area (Å²) >= 11 is 0. The number of benzene rings is 2. The molecule has 0 saturated heterocycles. The Morgan fingerprint density at radius 2 is 1.73 bits per heavy atom. The summed E-state index contributed by atoms with van der Waals surface area (Å²) in [5.41, 5.74) is 3.27. The Hall–Kier alpha value is -3.21. The van der Waals surface area contributed by atoms with Crippen molar-refractivity contribution in [2.45, 2.75) is 0 Å². The number of rotatable bonds is 4. The first-order valence-corrected chi connectivity index (χ1v) is 6.81. The lowest BCUT2D eigenvalue weighted by atomic mass is 10.0. The third-order valence-corrected chi connectivity index (χ3v) is 3.11. The molecular formula is C17H14N4O. The quantitative estimate of drug-likeness (QED) is 0.725. The Bertz CT molecular complexity index is 762. The van der Waals surface area contributed by atoms with E-state index in [9.17, 15) is 4.79 Å². The Morgan fingerprint density at radius 1 is 1.00 bits per heavy atom. The van der Waals surface area contributed by atoms with Crippen LogP contribution in [-0.4, -0.2) is 21.3 Å². The molecule has 0 saturated carbocycles. The average Bonchev–Trinajstić information content (AvgIpc) is 3.07. The SMILES string of the molecule is O=C(C=Cc1ccc(-c2ccccc2)cc1)Nc1cn[nH]n1. The predicted octanol–water partition coefficient (Wildman–Crippen LogP) is 3.12. The molecule has 0 aliphatic carbocycles. The van der Waals surface area contributed by atoms with Gasteiger partial charge in [0.2, 0.25) is 5.91 Å². The van der Waals surface area contributed by atoms with Crippen LogP contribution in [-0.2, 0) is 4.79 Å². The second-order valence-corrected chi connectivity index (χ2v) is 4.67. The van der Waals surface area contributed by atoms with Gasteiger partial charge in [-0.1, -0.05) is 54.6 Å². The molecule has 0 atom stereocenters. The summed E-state index contributed by atoms with van der Waals surface area (Å²) in [5.74, 6) is 0.148. The highest BCUT2D eigenvalue weighted by Gasteiger charge is 2.00. The summed E-state index contributed by atoms with van der Waals surface area (Å²) < 4.78 is 0. The van der Waals surface area contributed by atoms with Gasteiger partial charge in [-0.05, 0) is 22.8 Å². The molecule has 0 radical (unpaired) electrons. The number of nitrogens with zero attached hydrogens (tertiary/aromatic N) is 2. The van der Waals surface area contributed by atoms with E-state index in [4.69, 9.17) is 0 Å². The molecule has 0 aliphatic rings. The van der Waals surface area contributed by atoms with Gasteiger partial charge < -0.3 is 5.32 Å². The van der Waals surface area contributed by atoms with E-state index in [1.165, 1.54) is 17.8 Å². The fourth-order valence-electron chi connectivity index (χ4n) is 2.02. The third kappa shape index (κ3) is 3.46. The number of aromatic amines is 1. The van der Waals surface area contributed by atoms with Gasteiger partial charge in [0.25, 0.3) is 0 Å². The lowest BCUT2D eigenvalue weighted by Crippen LogP contribution is -2.07. The zero-order valence-electron chi connectivity index (χ0n) is 11.7. The molecule has 3 rings (SSSR count).